The smallest absolute Gasteiger partial charge is 0.338 e. The van der Waals surface area contributed by atoms with Gasteiger partial charge in [0.15, 0.2) is 0 Å². The van der Waals surface area contributed by atoms with Crippen molar-refractivity contribution < 1.29 is 14.3 Å². The van der Waals surface area contributed by atoms with Gasteiger partial charge in [-0.2, -0.15) is 0 Å². The zero-order valence-electron chi connectivity index (χ0n) is 11.6. The fourth-order valence-electron chi connectivity index (χ4n) is 1.70. The van der Waals surface area contributed by atoms with Gasteiger partial charge in [-0.3, -0.25) is 0 Å². The first-order chi connectivity index (χ1) is 9.69. The van der Waals surface area contributed by atoms with E-state index in [-0.39, 0.29) is 12.0 Å². The van der Waals surface area contributed by atoms with E-state index in [0.717, 1.165) is 25.7 Å². The molecule has 1 fully saturated rings. The van der Waals surface area contributed by atoms with Gasteiger partial charge < -0.3 is 15.4 Å². The van der Waals surface area contributed by atoms with E-state index in [1.165, 1.54) is 0 Å². The van der Waals surface area contributed by atoms with E-state index < -0.39 is 0 Å². The zero-order chi connectivity index (χ0) is 14.4. The van der Waals surface area contributed by atoms with Crippen molar-refractivity contribution in [3.8, 4) is 0 Å². The number of benzene rings is 1. The molecule has 108 valence electrons. The lowest BCUT2D eigenvalue weighted by molar-refractivity contribution is 0.0499. The molecular weight excluding hydrogens is 256 g/mol. The zero-order valence-corrected chi connectivity index (χ0v) is 11.6. The van der Waals surface area contributed by atoms with Crippen molar-refractivity contribution in [1.82, 2.24) is 5.32 Å². The summed E-state index contributed by atoms with van der Waals surface area (Å²) in [5, 5.41) is 5.54. The number of amides is 2. The largest absolute Gasteiger partial charge is 0.462 e. The number of hydrogen-bond donors (Lipinski definition) is 2. The molecule has 1 aromatic carbocycles. The summed E-state index contributed by atoms with van der Waals surface area (Å²) < 4.78 is 5.14. The summed E-state index contributed by atoms with van der Waals surface area (Å²) in [6, 6.07) is 6.85. The number of carbonyl (C=O) groups excluding carboxylic acids is 2. The van der Waals surface area contributed by atoms with Crippen molar-refractivity contribution >= 4 is 17.7 Å². The summed E-state index contributed by atoms with van der Waals surface area (Å²) in [5.41, 5.74) is 1.04. The second kappa shape index (κ2) is 6.93. The Kier molecular flexibility index (Phi) is 4.98. The number of carbonyl (C=O) groups is 2. The minimum Gasteiger partial charge on any atom is -0.462 e. The Balaban J connectivity index is 1.89. The topological polar surface area (TPSA) is 67.4 Å². The maximum absolute atomic E-state index is 11.8. The van der Waals surface area contributed by atoms with Crippen LogP contribution in [0.1, 0.15) is 43.0 Å². The van der Waals surface area contributed by atoms with Crippen LogP contribution in [0.15, 0.2) is 24.3 Å². The summed E-state index contributed by atoms with van der Waals surface area (Å²) in [6.07, 6.45) is 3.91. The van der Waals surface area contributed by atoms with E-state index in [1.807, 2.05) is 6.92 Å². The number of unbranched alkanes of at least 4 members (excludes halogenated alkanes) is 1. The maximum Gasteiger partial charge on any atom is 0.338 e. The van der Waals surface area contributed by atoms with Gasteiger partial charge >= 0.3 is 12.0 Å². The van der Waals surface area contributed by atoms with E-state index >= 15 is 0 Å². The summed E-state index contributed by atoms with van der Waals surface area (Å²) in [5.74, 6) is -0.357. The van der Waals surface area contributed by atoms with Gasteiger partial charge in [-0.05, 0) is 37.5 Å². The Bertz CT molecular complexity index is 484. The Hall–Kier alpha value is -2.04. The first-order valence-corrected chi connectivity index (χ1v) is 7.03. The van der Waals surface area contributed by atoms with Gasteiger partial charge in [-0.1, -0.05) is 19.4 Å². The summed E-state index contributed by atoms with van der Waals surface area (Å²) in [7, 11) is 0. The number of anilines is 1. The van der Waals surface area contributed by atoms with Crippen LogP contribution in [0, 0.1) is 0 Å². The van der Waals surface area contributed by atoms with Crippen LogP contribution in [0.5, 0.6) is 0 Å². The van der Waals surface area contributed by atoms with Crippen molar-refractivity contribution in [1.29, 1.82) is 0 Å². The van der Waals surface area contributed by atoms with Crippen LogP contribution < -0.4 is 10.6 Å². The Labute approximate surface area is 118 Å². The Morgan fingerprint density at radius 2 is 2.15 bits per heavy atom. The number of nitrogens with one attached hydrogen (secondary N) is 2. The van der Waals surface area contributed by atoms with Crippen molar-refractivity contribution in [3.05, 3.63) is 29.8 Å². The second-order valence-electron chi connectivity index (χ2n) is 4.94. The van der Waals surface area contributed by atoms with Gasteiger partial charge in [0.2, 0.25) is 0 Å². The van der Waals surface area contributed by atoms with Gasteiger partial charge in [-0.15, -0.1) is 0 Å². The molecule has 0 heterocycles. The lowest BCUT2D eigenvalue weighted by Crippen LogP contribution is -2.30. The first-order valence-electron chi connectivity index (χ1n) is 7.03. The second-order valence-corrected chi connectivity index (χ2v) is 4.94. The number of ether oxygens (including phenoxy) is 1. The SMILES string of the molecule is CCCCOC(=O)c1cccc(NC(=O)NC2CC2)c1. The first kappa shape index (κ1) is 14.4. The maximum atomic E-state index is 11.8. The van der Waals surface area contributed by atoms with E-state index in [0.29, 0.717) is 23.9 Å². The monoisotopic (exact) mass is 276 g/mol. The lowest BCUT2D eigenvalue weighted by atomic mass is 10.2. The fourth-order valence-corrected chi connectivity index (χ4v) is 1.70. The normalized spacial score (nSPS) is 13.7. The fraction of sp³-hybridized carbons (Fsp3) is 0.467. The van der Waals surface area contributed by atoms with E-state index in [9.17, 15) is 9.59 Å². The van der Waals surface area contributed by atoms with Gasteiger partial charge in [-0.25, -0.2) is 9.59 Å². The minimum atomic E-state index is -0.357. The molecule has 0 radical (unpaired) electrons. The molecule has 5 nitrogen and oxygen atoms in total. The number of urea groups is 1. The molecule has 0 aromatic heterocycles. The van der Waals surface area contributed by atoms with Crippen molar-refractivity contribution in [2.45, 2.75) is 38.6 Å². The molecule has 1 saturated carbocycles. The molecule has 5 heteroatoms. The van der Waals surface area contributed by atoms with Gasteiger partial charge in [0.05, 0.1) is 12.2 Å². The molecule has 0 atom stereocenters. The van der Waals surface area contributed by atoms with Crippen molar-refractivity contribution in [2.24, 2.45) is 0 Å². The molecular formula is C15H20N2O3. The predicted molar refractivity (Wildman–Crippen MR) is 76.8 cm³/mol. The average Bonchev–Trinajstić information content (AvgIpc) is 3.23. The molecule has 0 unspecified atom stereocenters. The predicted octanol–water partition coefficient (Wildman–Crippen LogP) is 2.93. The number of rotatable bonds is 6. The van der Waals surface area contributed by atoms with E-state index in [1.54, 1.807) is 24.3 Å². The molecule has 2 rings (SSSR count). The van der Waals surface area contributed by atoms with Gasteiger partial charge in [0, 0.05) is 11.7 Å². The van der Waals surface area contributed by atoms with Crippen LogP contribution in [0.2, 0.25) is 0 Å². The number of hydrogen-bond acceptors (Lipinski definition) is 3. The van der Waals surface area contributed by atoms with Gasteiger partial charge in [0.25, 0.3) is 0 Å². The highest BCUT2D eigenvalue weighted by molar-refractivity contribution is 5.94. The highest BCUT2D eigenvalue weighted by atomic mass is 16.5. The number of esters is 1. The van der Waals surface area contributed by atoms with Crippen LogP contribution in [0.4, 0.5) is 10.5 Å². The van der Waals surface area contributed by atoms with Crippen LogP contribution >= 0.6 is 0 Å². The van der Waals surface area contributed by atoms with Crippen LogP contribution in [-0.4, -0.2) is 24.6 Å². The molecule has 0 bridgehead atoms. The third kappa shape index (κ3) is 4.57. The summed E-state index contributed by atoms with van der Waals surface area (Å²) in [4.78, 5) is 23.4. The minimum absolute atomic E-state index is 0.232. The van der Waals surface area contributed by atoms with E-state index in [4.69, 9.17) is 4.74 Å². The molecule has 0 saturated heterocycles. The molecule has 0 aliphatic heterocycles. The summed E-state index contributed by atoms with van der Waals surface area (Å²) in [6.45, 7) is 2.46. The lowest BCUT2D eigenvalue weighted by Gasteiger charge is -2.08. The third-order valence-electron chi connectivity index (χ3n) is 3.00. The van der Waals surface area contributed by atoms with E-state index in [2.05, 4.69) is 10.6 Å². The summed E-state index contributed by atoms with van der Waals surface area (Å²) >= 11 is 0. The molecule has 2 N–H and O–H groups in total. The van der Waals surface area contributed by atoms with Crippen molar-refractivity contribution in [2.75, 3.05) is 11.9 Å². The highest BCUT2D eigenvalue weighted by Crippen LogP contribution is 2.19. The molecule has 1 aliphatic carbocycles. The molecule has 0 spiro atoms. The Morgan fingerprint density at radius 1 is 1.35 bits per heavy atom. The quantitative estimate of drug-likeness (QED) is 0.620. The third-order valence-corrected chi connectivity index (χ3v) is 3.00. The molecule has 20 heavy (non-hydrogen) atoms. The Morgan fingerprint density at radius 3 is 2.85 bits per heavy atom. The van der Waals surface area contributed by atoms with Crippen LogP contribution in [-0.2, 0) is 4.74 Å². The molecule has 1 aromatic rings. The molecule has 1 aliphatic rings. The van der Waals surface area contributed by atoms with Crippen molar-refractivity contribution in [3.63, 3.8) is 0 Å². The molecule has 2 amide bonds. The highest BCUT2D eigenvalue weighted by Gasteiger charge is 2.23. The standard InChI is InChI=1S/C15H20N2O3/c1-2-3-9-20-14(18)11-5-4-6-13(10-11)17-15(19)16-12-7-8-12/h4-6,10,12H,2-3,7-9H2,1H3,(H2,16,17,19). The van der Waals surface area contributed by atoms with Gasteiger partial charge in [0.1, 0.15) is 0 Å². The average molecular weight is 276 g/mol. The van der Waals surface area contributed by atoms with Crippen LogP contribution in [0.25, 0.3) is 0 Å². The van der Waals surface area contributed by atoms with Crippen LogP contribution in [0.3, 0.4) is 0 Å².